The minimum absolute atomic E-state index is 0.126. The van der Waals surface area contributed by atoms with Crippen LogP contribution in [0.15, 0.2) is 79.1 Å². The van der Waals surface area contributed by atoms with Gasteiger partial charge in [0.25, 0.3) is 5.91 Å². The monoisotopic (exact) mass is 424 g/mol. The second-order valence-corrected chi connectivity index (χ2v) is 8.13. The minimum atomic E-state index is -0.650. The van der Waals surface area contributed by atoms with E-state index in [0.717, 1.165) is 27.7 Å². The minimum Gasteiger partial charge on any atom is -0.350 e. The van der Waals surface area contributed by atoms with E-state index in [-0.39, 0.29) is 17.9 Å². The molecular weight excluding hydrogens is 400 g/mol. The van der Waals surface area contributed by atoms with E-state index in [1.807, 2.05) is 61.6 Å². The number of aryl methyl sites for hydroxylation is 1. The van der Waals surface area contributed by atoms with Crippen molar-refractivity contribution in [1.82, 2.24) is 19.8 Å². The Morgan fingerprint density at radius 1 is 1.03 bits per heavy atom. The lowest BCUT2D eigenvalue weighted by Crippen LogP contribution is -2.46. The number of benzene rings is 2. The van der Waals surface area contributed by atoms with Crippen molar-refractivity contribution in [1.29, 1.82) is 0 Å². The summed E-state index contributed by atoms with van der Waals surface area (Å²) in [6.45, 7) is 2.10. The van der Waals surface area contributed by atoms with Crippen LogP contribution in [0.1, 0.15) is 40.1 Å². The van der Waals surface area contributed by atoms with Gasteiger partial charge in [0.1, 0.15) is 6.04 Å². The van der Waals surface area contributed by atoms with Crippen molar-refractivity contribution in [2.45, 2.75) is 25.6 Å². The third-order valence-corrected chi connectivity index (χ3v) is 6.19. The molecule has 0 bridgehead atoms. The zero-order valence-corrected chi connectivity index (χ0v) is 18.0. The van der Waals surface area contributed by atoms with Gasteiger partial charge in [-0.1, -0.05) is 42.5 Å². The Labute approximate surface area is 186 Å². The maximum atomic E-state index is 13.5. The van der Waals surface area contributed by atoms with Crippen molar-refractivity contribution in [3.63, 3.8) is 0 Å². The van der Waals surface area contributed by atoms with Gasteiger partial charge < -0.3 is 14.8 Å². The molecule has 0 unspecified atom stereocenters. The number of hydrogen-bond acceptors (Lipinski definition) is 3. The fraction of sp³-hybridized carbons (Fsp3) is 0.192. The molecule has 1 aliphatic rings. The first-order valence-electron chi connectivity index (χ1n) is 10.7. The molecule has 160 valence electrons. The van der Waals surface area contributed by atoms with E-state index in [1.165, 1.54) is 0 Å². The van der Waals surface area contributed by atoms with Crippen molar-refractivity contribution < 1.29 is 9.59 Å². The summed E-state index contributed by atoms with van der Waals surface area (Å²) in [5.74, 6) is -0.332. The number of carbonyl (C=O) groups is 2. The van der Waals surface area contributed by atoms with Crippen molar-refractivity contribution in [3.05, 3.63) is 102 Å². The number of amides is 2. The summed E-state index contributed by atoms with van der Waals surface area (Å²) in [6, 6.07) is 20.4. The van der Waals surface area contributed by atoms with Crippen LogP contribution >= 0.6 is 0 Å². The summed E-state index contributed by atoms with van der Waals surface area (Å²) in [5, 5.41) is 4.02. The highest BCUT2D eigenvalue weighted by Gasteiger charge is 2.43. The molecule has 0 spiro atoms. The Kier molecular flexibility index (Phi) is 4.98. The summed E-state index contributed by atoms with van der Waals surface area (Å²) in [6.07, 6.45) is 3.76. The molecule has 0 saturated carbocycles. The molecule has 0 radical (unpaired) electrons. The van der Waals surface area contributed by atoms with E-state index in [2.05, 4.69) is 33.2 Å². The van der Waals surface area contributed by atoms with Gasteiger partial charge in [-0.25, -0.2) is 0 Å². The third kappa shape index (κ3) is 3.24. The zero-order valence-electron chi connectivity index (χ0n) is 18.0. The summed E-state index contributed by atoms with van der Waals surface area (Å²) < 4.78 is 2.07. The fourth-order valence-electron chi connectivity index (χ4n) is 4.60. The normalized spacial score (nSPS) is 16.2. The molecule has 6 nitrogen and oxygen atoms in total. The number of para-hydroxylation sites is 1. The summed E-state index contributed by atoms with van der Waals surface area (Å²) in [7, 11) is 2.00. The zero-order chi connectivity index (χ0) is 22.2. The summed E-state index contributed by atoms with van der Waals surface area (Å²) in [5.41, 5.74) is 4.46. The third-order valence-electron chi connectivity index (χ3n) is 6.19. The van der Waals surface area contributed by atoms with Gasteiger partial charge in [-0.15, -0.1) is 0 Å². The van der Waals surface area contributed by atoms with Crippen LogP contribution < -0.4 is 5.32 Å². The van der Waals surface area contributed by atoms with Gasteiger partial charge in [-0.05, 0) is 36.8 Å². The second kappa shape index (κ2) is 7.96. The van der Waals surface area contributed by atoms with Gasteiger partial charge >= 0.3 is 0 Å². The maximum Gasteiger partial charge on any atom is 0.255 e. The molecule has 3 heterocycles. The van der Waals surface area contributed by atoms with Gasteiger partial charge in [0.15, 0.2) is 0 Å². The molecule has 2 aromatic carbocycles. The molecule has 1 aliphatic heterocycles. The van der Waals surface area contributed by atoms with Crippen LogP contribution in [0.2, 0.25) is 0 Å². The van der Waals surface area contributed by atoms with Crippen LogP contribution in [0, 0.1) is 0 Å². The van der Waals surface area contributed by atoms with Crippen molar-refractivity contribution in [3.8, 4) is 0 Å². The van der Waals surface area contributed by atoms with Gasteiger partial charge in [0, 0.05) is 41.5 Å². The van der Waals surface area contributed by atoms with Gasteiger partial charge in [-0.2, -0.15) is 0 Å². The molecule has 2 amide bonds. The average molecular weight is 425 g/mol. The van der Waals surface area contributed by atoms with Gasteiger partial charge in [0.2, 0.25) is 5.91 Å². The van der Waals surface area contributed by atoms with E-state index in [4.69, 9.17) is 0 Å². The molecule has 2 atom stereocenters. The molecule has 0 saturated heterocycles. The number of hydrogen-bond donors (Lipinski definition) is 1. The highest BCUT2D eigenvalue weighted by molar-refractivity contribution is 6.03. The first-order valence-corrected chi connectivity index (χ1v) is 10.7. The molecule has 0 fully saturated rings. The molecule has 6 heteroatoms. The number of nitrogens with zero attached hydrogens (tertiary/aromatic N) is 3. The van der Waals surface area contributed by atoms with Crippen LogP contribution in [0.5, 0.6) is 0 Å². The average Bonchev–Trinajstić information content (AvgIpc) is 3.32. The van der Waals surface area contributed by atoms with Crippen LogP contribution in [-0.2, 0) is 18.4 Å². The van der Waals surface area contributed by atoms with Gasteiger partial charge in [0.05, 0.1) is 18.3 Å². The Morgan fingerprint density at radius 2 is 1.78 bits per heavy atom. The van der Waals surface area contributed by atoms with E-state index in [0.29, 0.717) is 12.1 Å². The van der Waals surface area contributed by atoms with Crippen LogP contribution in [0.4, 0.5) is 0 Å². The number of aromatic nitrogens is 2. The lowest BCUT2D eigenvalue weighted by molar-refractivity contribution is -0.125. The first-order chi connectivity index (χ1) is 15.6. The summed E-state index contributed by atoms with van der Waals surface area (Å²) >= 11 is 0. The quantitative estimate of drug-likeness (QED) is 0.530. The Morgan fingerprint density at radius 3 is 2.59 bits per heavy atom. The Bertz CT molecular complexity index is 1310. The molecular formula is C26H24N4O2. The smallest absolute Gasteiger partial charge is 0.255 e. The molecule has 4 aromatic rings. The summed E-state index contributed by atoms with van der Waals surface area (Å²) in [4.78, 5) is 32.5. The highest BCUT2D eigenvalue weighted by atomic mass is 16.2. The Balaban J connectivity index is 1.53. The molecule has 2 aromatic heterocycles. The molecule has 1 N–H and O–H groups in total. The standard InChI is InChI=1S/C26H24N4O2/c1-17(25(31)28-15-18-9-7-8-14-27-18)30-24(20-11-3-4-12-21(20)26(30)32)22-16-29(2)23-13-6-5-10-19(22)23/h3-14,16-17,24H,15H2,1-2H3,(H,28,31)/t17-,24-/m1/s1. The molecule has 0 aliphatic carbocycles. The van der Waals surface area contributed by atoms with Crippen molar-refractivity contribution in [2.24, 2.45) is 7.05 Å². The number of carbonyl (C=O) groups excluding carboxylic acids is 2. The molecule has 5 rings (SSSR count). The SMILES string of the molecule is C[C@H](C(=O)NCc1ccccn1)N1C(=O)c2ccccc2[C@@H]1c1cn(C)c2ccccc12. The van der Waals surface area contributed by atoms with E-state index in [1.54, 1.807) is 18.0 Å². The van der Waals surface area contributed by atoms with Crippen molar-refractivity contribution in [2.75, 3.05) is 0 Å². The second-order valence-electron chi connectivity index (χ2n) is 8.13. The van der Waals surface area contributed by atoms with Crippen LogP contribution in [0.25, 0.3) is 10.9 Å². The van der Waals surface area contributed by atoms with Crippen molar-refractivity contribution >= 4 is 22.7 Å². The number of nitrogens with one attached hydrogen (secondary N) is 1. The lowest BCUT2D eigenvalue weighted by Gasteiger charge is -2.30. The maximum absolute atomic E-state index is 13.5. The molecule has 32 heavy (non-hydrogen) atoms. The predicted molar refractivity (Wildman–Crippen MR) is 123 cm³/mol. The van der Waals surface area contributed by atoms with E-state index in [9.17, 15) is 9.59 Å². The number of rotatable bonds is 5. The lowest BCUT2D eigenvalue weighted by atomic mass is 9.97. The van der Waals surface area contributed by atoms with Crippen LogP contribution in [-0.4, -0.2) is 32.3 Å². The highest BCUT2D eigenvalue weighted by Crippen LogP contribution is 2.42. The fourth-order valence-corrected chi connectivity index (χ4v) is 4.60. The first kappa shape index (κ1) is 20.0. The Hall–Kier alpha value is -3.93. The van der Waals surface area contributed by atoms with Gasteiger partial charge in [-0.3, -0.25) is 14.6 Å². The topological polar surface area (TPSA) is 67.2 Å². The number of pyridine rings is 1. The van der Waals surface area contributed by atoms with E-state index < -0.39 is 6.04 Å². The predicted octanol–water partition coefficient (Wildman–Crippen LogP) is 3.82. The van der Waals surface area contributed by atoms with E-state index >= 15 is 0 Å². The number of fused-ring (bicyclic) bond motifs is 2. The van der Waals surface area contributed by atoms with Crippen LogP contribution in [0.3, 0.4) is 0 Å². The largest absolute Gasteiger partial charge is 0.350 e.